The molecule has 0 spiro atoms. The van der Waals surface area contributed by atoms with E-state index in [1.807, 2.05) is 13.8 Å². The molecule has 1 aliphatic rings. The molecule has 1 aliphatic carbocycles. The van der Waals surface area contributed by atoms with Crippen LogP contribution in [0.25, 0.3) is 0 Å². The molecule has 2 rings (SSSR count). The summed E-state index contributed by atoms with van der Waals surface area (Å²) in [5.74, 6) is -0.618. The number of anilines is 1. The van der Waals surface area contributed by atoms with Crippen LogP contribution in [0.1, 0.15) is 47.7 Å². The van der Waals surface area contributed by atoms with Gasteiger partial charge >= 0.3 is 5.97 Å². The standard InChI is InChI=1S/C16H21NO4/c1-16(2)12-8-13(17)11(15(19)21-4)7-10(12)9(14(16)18)5-6-20-3/h7-9H,5-6,17H2,1-4H3. The van der Waals surface area contributed by atoms with E-state index in [0.717, 1.165) is 11.1 Å². The molecule has 0 amide bonds. The number of ether oxygens (including phenoxy) is 2. The van der Waals surface area contributed by atoms with Crippen LogP contribution in [0.4, 0.5) is 5.69 Å². The maximum absolute atomic E-state index is 12.6. The summed E-state index contributed by atoms with van der Waals surface area (Å²) in [4.78, 5) is 24.4. The Morgan fingerprint density at radius 2 is 2.00 bits per heavy atom. The smallest absolute Gasteiger partial charge is 0.339 e. The summed E-state index contributed by atoms with van der Waals surface area (Å²) in [7, 11) is 2.92. The van der Waals surface area contributed by atoms with E-state index >= 15 is 0 Å². The van der Waals surface area contributed by atoms with Crippen molar-refractivity contribution in [1.29, 1.82) is 0 Å². The number of rotatable bonds is 4. The number of hydrogen-bond donors (Lipinski definition) is 1. The van der Waals surface area contributed by atoms with Crippen molar-refractivity contribution in [3.8, 4) is 0 Å². The first kappa shape index (κ1) is 15.5. The Kier molecular flexibility index (Phi) is 4.05. The number of carbonyl (C=O) groups is 2. The van der Waals surface area contributed by atoms with Crippen LogP contribution in [0.15, 0.2) is 12.1 Å². The minimum atomic E-state index is -0.601. The van der Waals surface area contributed by atoms with Gasteiger partial charge in [0.05, 0.1) is 12.7 Å². The molecule has 1 atom stereocenters. The minimum absolute atomic E-state index is 0.135. The first-order chi connectivity index (χ1) is 9.84. The van der Waals surface area contributed by atoms with Gasteiger partial charge in [-0.15, -0.1) is 0 Å². The van der Waals surface area contributed by atoms with Crippen molar-refractivity contribution in [2.75, 3.05) is 26.6 Å². The van der Waals surface area contributed by atoms with Crippen molar-refractivity contribution in [1.82, 2.24) is 0 Å². The van der Waals surface area contributed by atoms with Crippen LogP contribution in [0.2, 0.25) is 0 Å². The number of nitrogens with two attached hydrogens (primary N) is 1. The Morgan fingerprint density at radius 1 is 1.33 bits per heavy atom. The molecular weight excluding hydrogens is 270 g/mol. The van der Waals surface area contributed by atoms with E-state index in [1.165, 1.54) is 7.11 Å². The van der Waals surface area contributed by atoms with E-state index in [9.17, 15) is 9.59 Å². The highest BCUT2D eigenvalue weighted by Crippen LogP contribution is 2.45. The van der Waals surface area contributed by atoms with Gasteiger partial charge in [-0.2, -0.15) is 0 Å². The molecule has 0 saturated carbocycles. The third kappa shape index (κ3) is 2.42. The van der Waals surface area contributed by atoms with Crippen LogP contribution >= 0.6 is 0 Å². The molecule has 0 bridgehead atoms. The van der Waals surface area contributed by atoms with Crippen molar-refractivity contribution < 1.29 is 19.1 Å². The summed E-state index contributed by atoms with van der Waals surface area (Å²) in [6.07, 6.45) is 0.594. The van der Waals surface area contributed by atoms with Crippen LogP contribution in [0.5, 0.6) is 0 Å². The Labute approximate surface area is 124 Å². The number of methoxy groups -OCH3 is 2. The highest BCUT2D eigenvalue weighted by Gasteiger charge is 2.45. The van der Waals surface area contributed by atoms with Crippen molar-refractivity contribution >= 4 is 17.4 Å². The number of ketones is 1. The number of fused-ring (bicyclic) bond motifs is 1. The van der Waals surface area contributed by atoms with Gasteiger partial charge in [-0.05, 0) is 43.5 Å². The van der Waals surface area contributed by atoms with E-state index < -0.39 is 11.4 Å². The molecule has 0 heterocycles. The van der Waals surface area contributed by atoms with Gasteiger partial charge in [0.15, 0.2) is 0 Å². The number of Topliss-reactive ketones (excluding diaryl/α,β-unsaturated/α-hetero) is 1. The minimum Gasteiger partial charge on any atom is -0.465 e. The highest BCUT2D eigenvalue weighted by atomic mass is 16.5. The second-order valence-corrected chi connectivity index (χ2v) is 5.84. The molecule has 0 radical (unpaired) electrons. The lowest BCUT2D eigenvalue weighted by atomic mass is 9.84. The maximum atomic E-state index is 12.6. The van der Waals surface area contributed by atoms with Gasteiger partial charge in [0.25, 0.3) is 0 Å². The number of nitrogen functional groups attached to an aromatic ring is 1. The zero-order chi connectivity index (χ0) is 15.8. The predicted octanol–water partition coefficient (Wildman–Crippen LogP) is 2.04. The van der Waals surface area contributed by atoms with Crippen molar-refractivity contribution in [3.63, 3.8) is 0 Å². The van der Waals surface area contributed by atoms with E-state index in [4.69, 9.17) is 15.2 Å². The Balaban J connectivity index is 2.56. The van der Waals surface area contributed by atoms with E-state index in [2.05, 4.69) is 0 Å². The molecule has 5 nitrogen and oxygen atoms in total. The van der Waals surface area contributed by atoms with Gasteiger partial charge in [0, 0.05) is 30.7 Å². The summed E-state index contributed by atoms with van der Waals surface area (Å²) < 4.78 is 9.83. The Morgan fingerprint density at radius 3 is 2.57 bits per heavy atom. The molecular formula is C16H21NO4. The van der Waals surface area contributed by atoms with Gasteiger partial charge in [-0.25, -0.2) is 4.79 Å². The average Bonchev–Trinajstić information content (AvgIpc) is 2.63. The summed E-state index contributed by atoms with van der Waals surface area (Å²) in [5.41, 5.74) is 7.74. The van der Waals surface area contributed by atoms with Crippen LogP contribution < -0.4 is 5.73 Å². The van der Waals surface area contributed by atoms with Gasteiger partial charge in [-0.1, -0.05) is 0 Å². The summed E-state index contributed by atoms with van der Waals surface area (Å²) in [6, 6.07) is 3.43. The molecule has 0 fully saturated rings. The topological polar surface area (TPSA) is 78.6 Å². The van der Waals surface area contributed by atoms with Crippen LogP contribution in [0, 0.1) is 0 Å². The van der Waals surface area contributed by atoms with Gasteiger partial charge in [0.1, 0.15) is 5.78 Å². The number of hydrogen-bond acceptors (Lipinski definition) is 5. The molecule has 1 aromatic carbocycles. The fraction of sp³-hybridized carbons (Fsp3) is 0.500. The lowest BCUT2D eigenvalue weighted by Gasteiger charge is -2.18. The Hall–Kier alpha value is -1.88. The summed E-state index contributed by atoms with van der Waals surface area (Å²) in [6.45, 7) is 4.26. The number of carbonyl (C=O) groups excluding carboxylic acids is 2. The zero-order valence-corrected chi connectivity index (χ0v) is 12.9. The quantitative estimate of drug-likeness (QED) is 0.678. The highest BCUT2D eigenvalue weighted by molar-refractivity contribution is 6.03. The molecule has 0 saturated heterocycles. The first-order valence-corrected chi connectivity index (χ1v) is 6.90. The number of benzene rings is 1. The molecule has 0 aliphatic heterocycles. The van der Waals surface area contributed by atoms with Crippen LogP contribution in [-0.4, -0.2) is 32.6 Å². The lowest BCUT2D eigenvalue weighted by Crippen LogP contribution is -2.26. The van der Waals surface area contributed by atoms with Gasteiger partial charge < -0.3 is 15.2 Å². The second-order valence-electron chi connectivity index (χ2n) is 5.84. The van der Waals surface area contributed by atoms with Gasteiger partial charge in [-0.3, -0.25) is 4.79 Å². The monoisotopic (exact) mass is 291 g/mol. The summed E-state index contributed by atoms with van der Waals surface area (Å²) in [5, 5.41) is 0. The molecule has 2 N–H and O–H groups in total. The number of esters is 1. The molecule has 21 heavy (non-hydrogen) atoms. The van der Waals surface area contributed by atoms with E-state index in [0.29, 0.717) is 24.3 Å². The third-order valence-corrected chi connectivity index (χ3v) is 4.22. The zero-order valence-electron chi connectivity index (χ0n) is 12.9. The fourth-order valence-corrected chi connectivity index (χ4v) is 2.98. The fourth-order valence-electron chi connectivity index (χ4n) is 2.98. The van der Waals surface area contributed by atoms with E-state index in [-0.39, 0.29) is 11.7 Å². The molecule has 0 aromatic heterocycles. The summed E-state index contributed by atoms with van der Waals surface area (Å²) >= 11 is 0. The predicted molar refractivity (Wildman–Crippen MR) is 79.5 cm³/mol. The van der Waals surface area contributed by atoms with Crippen molar-refractivity contribution in [2.45, 2.75) is 31.6 Å². The Bertz CT molecular complexity index is 592. The van der Waals surface area contributed by atoms with Crippen LogP contribution in [0.3, 0.4) is 0 Å². The van der Waals surface area contributed by atoms with Gasteiger partial charge in [0.2, 0.25) is 0 Å². The van der Waals surface area contributed by atoms with Crippen molar-refractivity contribution in [2.24, 2.45) is 0 Å². The molecule has 5 heteroatoms. The maximum Gasteiger partial charge on any atom is 0.339 e. The second kappa shape index (κ2) is 5.48. The molecule has 1 unspecified atom stereocenters. The normalized spacial score (nSPS) is 19.4. The molecule has 114 valence electrons. The lowest BCUT2D eigenvalue weighted by molar-refractivity contribution is -0.124. The average molecular weight is 291 g/mol. The third-order valence-electron chi connectivity index (χ3n) is 4.22. The van der Waals surface area contributed by atoms with Crippen molar-refractivity contribution in [3.05, 3.63) is 28.8 Å². The molecule has 1 aromatic rings. The van der Waals surface area contributed by atoms with Crippen LogP contribution in [-0.2, 0) is 19.7 Å². The SMILES string of the molecule is COCCC1C(=O)C(C)(C)c2cc(N)c(C(=O)OC)cc21. The largest absolute Gasteiger partial charge is 0.465 e. The first-order valence-electron chi connectivity index (χ1n) is 6.90. The van der Waals surface area contributed by atoms with E-state index in [1.54, 1.807) is 19.2 Å².